The molecule has 40 heavy (non-hydrogen) atoms. The van der Waals surface area contributed by atoms with Gasteiger partial charge < -0.3 is 39.6 Å². The first-order valence-electron chi connectivity index (χ1n) is 14.1. The van der Waals surface area contributed by atoms with Crippen molar-refractivity contribution in [2.45, 2.75) is 32.2 Å². The first-order valence-corrected chi connectivity index (χ1v) is 14.1. The van der Waals surface area contributed by atoms with Gasteiger partial charge in [-0.2, -0.15) is 0 Å². The van der Waals surface area contributed by atoms with Crippen molar-refractivity contribution in [3.8, 4) is 0 Å². The second-order valence-corrected chi connectivity index (χ2v) is 10.0. The molecule has 2 aliphatic rings. The van der Waals surface area contributed by atoms with Crippen LogP contribution in [0, 0.1) is 5.82 Å². The molecule has 1 aromatic heterocycles. The molecule has 4 rings (SSSR count). The molecule has 2 aromatic rings. The number of pyridine rings is 1. The average Bonchev–Trinajstić information content (AvgIpc) is 3.80. The largest absolute Gasteiger partial charge is 0.462 e. The SMILES string of the molecule is CCN1CCN(c2cc3c(cc2F)c(=O)c(C(=O)OCCCNC(=O)COCCOCCN)cn3C2CC2)CC1. The van der Waals surface area contributed by atoms with Gasteiger partial charge in [-0.1, -0.05) is 6.92 Å². The van der Waals surface area contributed by atoms with Crippen molar-refractivity contribution in [2.75, 3.05) is 83.7 Å². The van der Waals surface area contributed by atoms with Crippen LogP contribution in [0.5, 0.6) is 0 Å². The van der Waals surface area contributed by atoms with Gasteiger partial charge in [-0.3, -0.25) is 9.59 Å². The minimum absolute atomic E-state index is 0.0187. The van der Waals surface area contributed by atoms with E-state index in [1.807, 2.05) is 9.47 Å². The molecule has 0 radical (unpaired) electrons. The van der Waals surface area contributed by atoms with Crippen LogP contribution in [0.2, 0.25) is 0 Å². The van der Waals surface area contributed by atoms with Crippen LogP contribution in [-0.4, -0.2) is 100 Å². The highest BCUT2D eigenvalue weighted by Crippen LogP contribution is 2.38. The van der Waals surface area contributed by atoms with E-state index in [9.17, 15) is 14.4 Å². The molecular formula is C28H40FN5O6. The number of nitrogens with two attached hydrogens (primary N) is 1. The van der Waals surface area contributed by atoms with Crippen LogP contribution in [0.1, 0.15) is 42.6 Å². The molecule has 3 N–H and O–H groups in total. The summed E-state index contributed by atoms with van der Waals surface area (Å²) in [6.07, 6.45) is 3.78. The fourth-order valence-corrected chi connectivity index (χ4v) is 4.77. The van der Waals surface area contributed by atoms with E-state index < -0.39 is 17.2 Å². The van der Waals surface area contributed by atoms with Crippen LogP contribution < -0.4 is 21.4 Å². The molecular weight excluding hydrogens is 521 g/mol. The Kier molecular flexibility index (Phi) is 10.9. The molecule has 220 valence electrons. The molecule has 1 aromatic carbocycles. The molecule has 1 aliphatic heterocycles. The van der Waals surface area contributed by atoms with Crippen LogP contribution in [0.25, 0.3) is 10.9 Å². The number of nitrogens with one attached hydrogen (secondary N) is 1. The van der Waals surface area contributed by atoms with Crippen LogP contribution in [0.15, 0.2) is 23.1 Å². The molecule has 1 amide bonds. The molecule has 1 saturated carbocycles. The maximum atomic E-state index is 15.3. The number of rotatable bonds is 15. The van der Waals surface area contributed by atoms with Crippen LogP contribution in [0.3, 0.4) is 0 Å². The molecule has 0 atom stereocenters. The first-order chi connectivity index (χ1) is 19.4. The summed E-state index contributed by atoms with van der Waals surface area (Å²) in [4.78, 5) is 42.3. The van der Waals surface area contributed by atoms with Gasteiger partial charge >= 0.3 is 5.97 Å². The van der Waals surface area contributed by atoms with E-state index in [0.29, 0.717) is 50.5 Å². The number of halogens is 1. The van der Waals surface area contributed by atoms with Gasteiger partial charge in [0.1, 0.15) is 18.0 Å². The van der Waals surface area contributed by atoms with Crippen molar-refractivity contribution in [1.82, 2.24) is 14.8 Å². The third kappa shape index (κ3) is 7.78. The molecule has 12 heteroatoms. The Morgan fingerprint density at radius 2 is 1.82 bits per heavy atom. The fourth-order valence-electron chi connectivity index (χ4n) is 4.77. The summed E-state index contributed by atoms with van der Waals surface area (Å²) in [5.41, 5.74) is 5.78. The number of piperazine rings is 1. The van der Waals surface area contributed by atoms with Gasteiger partial charge in [0, 0.05) is 56.9 Å². The summed E-state index contributed by atoms with van der Waals surface area (Å²) in [6, 6.07) is 3.17. The topological polar surface area (TPSA) is 128 Å². The molecule has 0 spiro atoms. The number of nitrogens with zero attached hydrogens (tertiary/aromatic N) is 3. The zero-order valence-corrected chi connectivity index (χ0v) is 23.2. The van der Waals surface area contributed by atoms with Gasteiger partial charge in [0.2, 0.25) is 11.3 Å². The lowest BCUT2D eigenvalue weighted by Gasteiger charge is -2.35. The normalized spacial score (nSPS) is 15.9. The number of benzene rings is 1. The summed E-state index contributed by atoms with van der Waals surface area (Å²) in [5.74, 6) is -1.51. The number of fused-ring (bicyclic) bond motifs is 1. The second kappa shape index (κ2) is 14.5. The van der Waals surface area contributed by atoms with Gasteiger partial charge in [-0.05, 0) is 37.9 Å². The fraction of sp³-hybridized carbons (Fsp3) is 0.607. The lowest BCUT2D eigenvalue weighted by Crippen LogP contribution is -2.46. The van der Waals surface area contributed by atoms with Gasteiger partial charge in [-0.25, -0.2) is 9.18 Å². The Labute approximate surface area is 233 Å². The van der Waals surface area contributed by atoms with E-state index in [1.165, 1.54) is 6.07 Å². The first kappa shape index (κ1) is 29.9. The maximum Gasteiger partial charge on any atom is 0.343 e. The van der Waals surface area contributed by atoms with E-state index in [0.717, 1.165) is 32.5 Å². The quantitative estimate of drug-likeness (QED) is 0.244. The van der Waals surface area contributed by atoms with Crippen molar-refractivity contribution >= 4 is 28.5 Å². The molecule has 2 heterocycles. The predicted octanol–water partition coefficient (Wildman–Crippen LogP) is 1.27. The van der Waals surface area contributed by atoms with E-state index in [4.69, 9.17) is 19.9 Å². The van der Waals surface area contributed by atoms with Crippen molar-refractivity contribution in [1.29, 1.82) is 0 Å². The number of esters is 1. The number of amides is 1. The number of hydrogen-bond donors (Lipinski definition) is 2. The number of hydrogen-bond acceptors (Lipinski definition) is 9. The summed E-state index contributed by atoms with van der Waals surface area (Å²) < 4.78 is 32.9. The van der Waals surface area contributed by atoms with Crippen LogP contribution in [0.4, 0.5) is 10.1 Å². The summed E-state index contributed by atoms with van der Waals surface area (Å²) in [7, 11) is 0. The predicted molar refractivity (Wildman–Crippen MR) is 149 cm³/mol. The average molecular weight is 562 g/mol. The number of carbonyl (C=O) groups excluding carboxylic acids is 2. The zero-order valence-electron chi connectivity index (χ0n) is 23.2. The standard InChI is InChI=1S/C28H40FN5O6/c1-2-32-8-10-33(11-9-32)25-17-24-21(16-23(25)29)27(36)22(18-34(24)20-4-5-20)28(37)40-12-3-7-31-26(35)19-39-15-14-38-13-6-30/h16-18,20H,2-15,19,30H2,1H3,(H,31,35). The summed E-state index contributed by atoms with van der Waals surface area (Å²) >= 11 is 0. The Hall–Kier alpha value is -3.06. The van der Waals surface area contributed by atoms with Crippen LogP contribution >= 0.6 is 0 Å². The number of anilines is 1. The Morgan fingerprint density at radius 3 is 2.52 bits per heavy atom. The highest BCUT2D eigenvalue weighted by atomic mass is 19.1. The third-order valence-electron chi connectivity index (χ3n) is 7.16. The number of likely N-dealkylation sites (N-methyl/N-ethyl adjacent to an activating group) is 1. The van der Waals surface area contributed by atoms with Gasteiger partial charge in [-0.15, -0.1) is 0 Å². The zero-order chi connectivity index (χ0) is 28.5. The Bertz CT molecular complexity index is 1230. The number of carbonyl (C=O) groups is 2. The molecule has 0 unspecified atom stereocenters. The van der Waals surface area contributed by atoms with E-state index in [1.54, 1.807) is 12.3 Å². The van der Waals surface area contributed by atoms with Crippen LogP contribution in [-0.2, 0) is 19.0 Å². The lowest BCUT2D eigenvalue weighted by molar-refractivity contribution is -0.126. The van der Waals surface area contributed by atoms with E-state index in [2.05, 4.69) is 17.1 Å². The molecule has 11 nitrogen and oxygen atoms in total. The van der Waals surface area contributed by atoms with E-state index >= 15 is 4.39 Å². The Balaban J connectivity index is 1.34. The molecule has 1 aliphatic carbocycles. The van der Waals surface area contributed by atoms with Crippen molar-refractivity contribution in [2.24, 2.45) is 5.73 Å². The Morgan fingerprint density at radius 1 is 1.07 bits per heavy atom. The summed E-state index contributed by atoms with van der Waals surface area (Å²) in [6.45, 7) is 7.94. The van der Waals surface area contributed by atoms with Gasteiger partial charge in [0.25, 0.3) is 0 Å². The van der Waals surface area contributed by atoms with Crippen molar-refractivity contribution in [3.05, 3.63) is 39.9 Å². The van der Waals surface area contributed by atoms with E-state index in [-0.39, 0.29) is 49.3 Å². The van der Waals surface area contributed by atoms with Crippen molar-refractivity contribution < 1.29 is 28.2 Å². The third-order valence-corrected chi connectivity index (χ3v) is 7.16. The molecule has 2 fully saturated rings. The minimum Gasteiger partial charge on any atom is -0.462 e. The van der Waals surface area contributed by atoms with Gasteiger partial charge in [0.05, 0.1) is 37.6 Å². The van der Waals surface area contributed by atoms with Gasteiger partial charge in [0.15, 0.2) is 0 Å². The minimum atomic E-state index is -0.756. The highest BCUT2D eigenvalue weighted by Gasteiger charge is 2.29. The summed E-state index contributed by atoms with van der Waals surface area (Å²) in [5, 5.41) is 2.86. The molecule has 1 saturated heterocycles. The second-order valence-electron chi connectivity index (χ2n) is 10.0. The maximum absolute atomic E-state index is 15.3. The highest BCUT2D eigenvalue weighted by molar-refractivity contribution is 5.94. The lowest BCUT2D eigenvalue weighted by atomic mass is 10.1. The monoisotopic (exact) mass is 561 g/mol. The molecule has 0 bridgehead atoms. The smallest absolute Gasteiger partial charge is 0.343 e. The number of aromatic nitrogens is 1. The number of ether oxygens (including phenoxy) is 3. The van der Waals surface area contributed by atoms with Crippen molar-refractivity contribution in [3.63, 3.8) is 0 Å².